The zero-order valence-corrected chi connectivity index (χ0v) is 4.40. The van der Waals surface area contributed by atoms with Gasteiger partial charge in [0.25, 0.3) is 0 Å². The highest BCUT2D eigenvalue weighted by Crippen LogP contribution is 1.87. The van der Waals surface area contributed by atoms with Crippen molar-refractivity contribution >= 4 is 12.4 Å². The molecule has 0 saturated carbocycles. The minimum atomic E-state index is -3.67. The molecule has 0 aliphatic rings. The first-order chi connectivity index (χ1) is 3.15. The molecule has 0 rings (SSSR count). The molecular weight excluding hydrogens is 154 g/mol. The first kappa shape index (κ1) is 15.7. The van der Waals surface area contributed by atoms with Gasteiger partial charge < -0.3 is 0 Å². The van der Waals surface area contributed by atoms with Crippen LogP contribution in [0.1, 0.15) is 0 Å². The molecule has 0 nitrogen and oxygen atoms in total. The van der Waals surface area contributed by atoms with Crippen LogP contribution in [0.2, 0.25) is 0 Å². The van der Waals surface area contributed by atoms with Crippen LogP contribution in [0.4, 0.5) is 22.0 Å². The van der Waals surface area contributed by atoms with E-state index in [1.165, 1.54) is 0 Å². The highest BCUT2D eigenvalue weighted by molar-refractivity contribution is 5.85. The molecule has 0 heterocycles. The third-order valence-electron chi connectivity index (χ3n) is 0. The Morgan fingerprint density at radius 2 is 1.00 bits per heavy atom. The Morgan fingerprint density at radius 1 is 1.00 bits per heavy atom. The lowest BCUT2D eigenvalue weighted by atomic mass is 11.6. The minimum absolute atomic E-state index is 0. The van der Waals surface area contributed by atoms with Crippen LogP contribution < -0.4 is 0 Å². The maximum absolute atomic E-state index is 9.67. The molecule has 0 fully saturated rings. The van der Waals surface area contributed by atoms with Crippen molar-refractivity contribution in [1.82, 2.24) is 0 Å². The van der Waals surface area contributed by atoms with E-state index in [1.807, 2.05) is 0 Å². The summed E-state index contributed by atoms with van der Waals surface area (Å²) in [6, 6.07) is 0. The Morgan fingerprint density at radius 3 is 1.00 bits per heavy atom. The average Bonchev–Trinajstić information content (AvgIpc) is 1.33. The summed E-state index contributed by atoms with van der Waals surface area (Å²) in [6.45, 7) is -5.42. The molecule has 0 aromatic heterocycles. The SMILES string of the molecule is Cl.FC(F)F.FCF. The molecule has 6 heteroatoms. The van der Waals surface area contributed by atoms with Crippen molar-refractivity contribution in [2.75, 3.05) is 6.93 Å². The molecular formula is C2H4ClF5. The van der Waals surface area contributed by atoms with Gasteiger partial charge in [0.1, 0.15) is 0 Å². The lowest BCUT2D eigenvalue weighted by Crippen LogP contribution is -1.65. The quantitative estimate of drug-likeness (QED) is 0.475. The van der Waals surface area contributed by atoms with Crippen LogP contribution in [-0.2, 0) is 0 Å². The molecule has 0 radical (unpaired) electrons. The number of alkyl halides is 5. The van der Waals surface area contributed by atoms with E-state index in [0.29, 0.717) is 0 Å². The fourth-order valence-corrected chi connectivity index (χ4v) is 0. The third kappa shape index (κ3) is 40300. The number of rotatable bonds is 0. The Balaban J connectivity index is -0.0000000575. The van der Waals surface area contributed by atoms with Gasteiger partial charge in [0.2, 0.25) is 6.93 Å². The van der Waals surface area contributed by atoms with Crippen LogP contribution in [-0.4, -0.2) is 13.6 Å². The number of hydrogen-bond acceptors (Lipinski definition) is 0. The summed E-state index contributed by atoms with van der Waals surface area (Å²) < 4.78 is 48.2. The van der Waals surface area contributed by atoms with E-state index >= 15 is 0 Å². The van der Waals surface area contributed by atoms with Crippen molar-refractivity contribution < 1.29 is 22.0 Å². The second-order valence-electron chi connectivity index (χ2n) is 0.348. The lowest BCUT2D eigenvalue weighted by Gasteiger charge is -1.65. The van der Waals surface area contributed by atoms with Gasteiger partial charge in [-0.3, -0.25) is 0 Å². The van der Waals surface area contributed by atoms with Crippen molar-refractivity contribution in [1.29, 1.82) is 0 Å². The highest BCUT2D eigenvalue weighted by Gasteiger charge is 1.86. The van der Waals surface area contributed by atoms with Gasteiger partial charge in [0.15, 0.2) is 0 Å². The van der Waals surface area contributed by atoms with E-state index in [4.69, 9.17) is 0 Å². The predicted octanol–water partition coefficient (Wildman–Crippen LogP) is 2.48. The fourth-order valence-electron chi connectivity index (χ4n) is 0. The molecule has 0 N–H and O–H groups in total. The normalized spacial score (nSPS) is 6.75. The number of halogens is 6. The Labute approximate surface area is 49.1 Å². The standard InChI is InChI=1S/CHF3.CH2F2.ClH/c2-1(3)4;2-1-3;/h1H;1H2;1H. The van der Waals surface area contributed by atoms with Crippen LogP contribution in [0.5, 0.6) is 0 Å². The topological polar surface area (TPSA) is 0 Å². The second-order valence-corrected chi connectivity index (χ2v) is 0.348. The predicted molar refractivity (Wildman–Crippen MR) is 21.4 cm³/mol. The molecule has 0 spiro atoms. The molecule has 0 aliphatic carbocycles. The van der Waals surface area contributed by atoms with Crippen LogP contribution in [0.3, 0.4) is 0 Å². The van der Waals surface area contributed by atoms with Crippen molar-refractivity contribution in [2.45, 2.75) is 6.68 Å². The molecule has 8 heavy (non-hydrogen) atoms. The molecule has 54 valence electrons. The summed E-state index contributed by atoms with van der Waals surface area (Å²) in [6.07, 6.45) is 0. The van der Waals surface area contributed by atoms with E-state index < -0.39 is 13.6 Å². The summed E-state index contributed by atoms with van der Waals surface area (Å²) in [5.41, 5.74) is 0. The minimum Gasteiger partial charge on any atom is -0.214 e. The zero-order valence-electron chi connectivity index (χ0n) is 3.58. The van der Waals surface area contributed by atoms with Crippen LogP contribution in [0.25, 0.3) is 0 Å². The van der Waals surface area contributed by atoms with Gasteiger partial charge in [-0.2, -0.15) is 13.2 Å². The van der Waals surface area contributed by atoms with Crippen molar-refractivity contribution in [3.63, 3.8) is 0 Å². The monoisotopic (exact) mass is 158 g/mol. The summed E-state index contributed by atoms with van der Waals surface area (Å²) in [4.78, 5) is 0. The smallest absolute Gasteiger partial charge is 0.214 e. The summed E-state index contributed by atoms with van der Waals surface area (Å²) in [5.74, 6) is 0. The van der Waals surface area contributed by atoms with E-state index in [1.54, 1.807) is 0 Å². The average molecular weight is 158 g/mol. The van der Waals surface area contributed by atoms with E-state index in [9.17, 15) is 22.0 Å². The molecule has 0 aromatic carbocycles. The van der Waals surface area contributed by atoms with Gasteiger partial charge in [-0.15, -0.1) is 12.4 Å². The van der Waals surface area contributed by atoms with Gasteiger partial charge in [-0.1, -0.05) is 0 Å². The van der Waals surface area contributed by atoms with E-state index in [2.05, 4.69) is 0 Å². The molecule has 0 aromatic rings. The van der Waals surface area contributed by atoms with Crippen molar-refractivity contribution in [3.8, 4) is 0 Å². The van der Waals surface area contributed by atoms with Crippen molar-refractivity contribution in [2.24, 2.45) is 0 Å². The molecule has 0 amide bonds. The zero-order chi connectivity index (χ0) is 6.28. The second kappa shape index (κ2) is 15.8. The summed E-state index contributed by atoms with van der Waals surface area (Å²) in [5, 5.41) is 0. The van der Waals surface area contributed by atoms with Gasteiger partial charge >= 0.3 is 6.68 Å². The maximum Gasteiger partial charge on any atom is 0.379 e. The Bertz CT molecular complexity index is 21.6. The fraction of sp³-hybridized carbons (Fsp3) is 1.00. The number of hydrogen-bond donors (Lipinski definition) is 0. The maximum atomic E-state index is 9.67. The molecule has 0 unspecified atom stereocenters. The molecule has 0 aliphatic heterocycles. The first-order valence-corrected chi connectivity index (χ1v) is 1.19. The largest absolute Gasteiger partial charge is 0.379 e. The van der Waals surface area contributed by atoms with Gasteiger partial charge in [-0.25, -0.2) is 8.78 Å². The highest BCUT2D eigenvalue weighted by atomic mass is 35.5. The van der Waals surface area contributed by atoms with Crippen LogP contribution >= 0.6 is 12.4 Å². The Kier molecular flexibility index (Phi) is 30.9. The van der Waals surface area contributed by atoms with E-state index in [0.717, 1.165) is 0 Å². The van der Waals surface area contributed by atoms with Gasteiger partial charge in [0, 0.05) is 0 Å². The Hall–Kier alpha value is -0.0600. The summed E-state index contributed by atoms with van der Waals surface area (Å²) >= 11 is 0. The molecule has 0 saturated heterocycles. The summed E-state index contributed by atoms with van der Waals surface area (Å²) in [7, 11) is 0. The van der Waals surface area contributed by atoms with Crippen LogP contribution in [0.15, 0.2) is 0 Å². The molecule has 0 bridgehead atoms. The van der Waals surface area contributed by atoms with E-state index in [-0.39, 0.29) is 12.4 Å². The lowest BCUT2D eigenvalue weighted by molar-refractivity contribution is 0.00819. The third-order valence-corrected chi connectivity index (χ3v) is 0. The van der Waals surface area contributed by atoms with Gasteiger partial charge in [-0.05, 0) is 0 Å². The van der Waals surface area contributed by atoms with Gasteiger partial charge in [0.05, 0.1) is 0 Å². The van der Waals surface area contributed by atoms with Crippen molar-refractivity contribution in [3.05, 3.63) is 0 Å². The van der Waals surface area contributed by atoms with Crippen LogP contribution in [0, 0.1) is 0 Å². The molecule has 0 atom stereocenters. The first-order valence-electron chi connectivity index (χ1n) is 1.19.